The molecule has 0 saturated heterocycles. The van der Waals surface area contributed by atoms with Crippen LogP contribution in [0.5, 0.6) is 0 Å². The van der Waals surface area contributed by atoms with Crippen molar-refractivity contribution in [2.24, 2.45) is 0 Å². The number of rotatable bonds is 0. The second-order valence-electron chi connectivity index (χ2n) is 2.06. The molecule has 0 amide bonds. The Morgan fingerprint density at radius 1 is 1.33 bits per heavy atom. The summed E-state index contributed by atoms with van der Waals surface area (Å²) in [7, 11) is 0. The van der Waals surface area contributed by atoms with Gasteiger partial charge in [-0.25, -0.2) is 4.98 Å². The second-order valence-corrected chi connectivity index (χ2v) is 2.88. The molecule has 0 saturated carbocycles. The predicted octanol–water partition coefficient (Wildman–Crippen LogP) is 2.45. The lowest BCUT2D eigenvalue weighted by molar-refractivity contribution is -0.137. The van der Waals surface area contributed by atoms with Gasteiger partial charge in [-0.15, -0.1) is 0 Å². The highest BCUT2D eigenvalue weighted by molar-refractivity contribution is 9.10. The summed E-state index contributed by atoms with van der Waals surface area (Å²) in [5.41, 5.74) is 4.14. The Labute approximate surface area is 74.7 Å². The molecule has 2 N–H and O–H groups in total. The van der Waals surface area contributed by atoms with Crippen LogP contribution in [-0.4, -0.2) is 4.98 Å². The Hall–Kier alpha value is -0.780. The average molecular weight is 241 g/mol. The Bertz CT molecular complexity index is 297. The monoisotopic (exact) mass is 240 g/mol. The van der Waals surface area contributed by atoms with Gasteiger partial charge >= 0.3 is 6.18 Å². The van der Waals surface area contributed by atoms with Gasteiger partial charge in [0, 0.05) is 0 Å². The third kappa shape index (κ3) is 1.88. The van der Waals surface area contributed by atoms with Crippen molar-refractivity contribution in [3.05, 3.63) is 22.3 Å². The van der Waals surface area contributed by atoms with Crippen LogP contribution in [0.15, 0.2) is 16.7 Å². The van der Waals surface area contributed by atoms with Crippen LogP contribution in [0.2, 0.25) is 0 Å². The van der Waals surface area contributed by atoms with Gasteiger partial charge in [-0.05, 0) is 28.1 Å². The molecular formula is C6H4BrF3N2. The quantitative estimate of drug-likeness (QED) is 0.708. The van der Waals surface area contributed by atoms with E-state index in [9.17, 15) is 13.2 Å². The van der Waals surface area contributed by atoms with Gasteiger partial charge in [0.05, 0.1) is 5.56 Å². The lowest BCUT2D eigenvalue weighted by atomic mass is 10.2. The predicted molar refractivity (Wildman–Crippen MR) is 41.4 cm³/mol. The molecule has 0 bridgehead atoms. The summed E-state index contributed by atoms with van der Waals surface area (Å²) in [6.07, 6.45) is -4.43. The van der Waals surface area contributed by atoms with Crippen molar-refractivity contribution in [2.45, 2.75) is 6.18 Å². The zero-order valence-electron chi connectivity index (χ0n) is 5.69. The third-order valence-electron chi connectivity index (χ3n) is 1.20. The van der Waals surface area contributed by atoms with E-state index in [0.29, 0.717) is 0 Å². The molecule has 0 unspecified atom stereocenters. The minimum atomic E-state index is -4.43. The Morgan fingerprint density at radius 3 is 2.33 bits per heavy atom. The number of hydrogen-bond donors (Lipinski definition) is 1. The number of nitrogens with two attached hydrogens (primary N) is 1. The largest absolute Gasteiger partial charge is 0.419 e. The van der Waals surface area contributed by atoms with Crippen molar-refractivity contribution in [1.82, 2.24) is 4.98 Å². The number of alkyl halides is 3. The van der Waals surface area contributed by atoms with Gasteiger partial charge in [-0.3, -0.25) is 0 Å². The van der Waals surface area contributed by atoms with E-state index < -0.39 is 17.6 Å². The molecule has 1 aromatic heterocycles. The molecule has 0 aliphatic rings. The van der Waals surface area contributed by atoms with Gasteiger partial charge in [0.15, 0.2) is 0 Å². The van der Waals surface area contributed by atoms with Crippen LogP contribution in [0.4, 0.5) is 19.0 Å². The SMILES string of the molecule is Nc1nc(Br)ccc1C(F)(F)F. The van der Waals surface area contributed by atoms with Crippen molar-refractivity contribution < 1.29 is 13.2 Å². The molecule has 66 valence electrons. The smallest absolute Gasteiger partial charge is 0.383 e. The molecule has 0 fully saturated rings. The van der Waals surface area contributed by atoms with Crippen molar-refractivity contribution >= 4 is 21.7 Å². The van der Waals surface area contributed by atoms with Crippen molar-refractivity contribution in [1.29, 1.82) is 0 Å². The third-order valence-corrected chi connectivity index (χ3v) is 1.64. The van der Waals surface area contributed by atoms with E-state index in [4.69, 9.17) is 5.73 Å². The molecule has 0 atom stereocenters. The molecule has 1 rings (SSSR count). The van der Waals surface area contributed by atoms with Crippen LogP contribution in [0, 0.1) is 0 Å². The first-order valence-corrected chi connectivity index (χ1v) is 3.70. The van der Waals surface area contributed by atoms with Crippen LogP contribution in [0.3, 0.4) is 0 Å². The van der Waals surface area contributed by atoms with E-state index in [1.165, 1.54) is 6.07 Å². The maximum absolute atomic E-state index is 12.0. The summed E-state index contributed by atoms with van der Waals surface area (Å²) in [4.78, 5) is 3.41. The first-order valence-electron chi connectivity index (χ1n) is 2.90. The fourth-order valence-corrected chi connectivity index (χ4v) is 1.01. The normalized spacial score (nSPS) is 11.7. The van der Waals surface area contributed by atoms with Gasteiger partial charge in [0.25, 0.3) is 0 Å². The number of nitrogen functional groups attached to an aromatic ring is 1. The summed E-state index contributed by atoms with van der Waals surface area (Å²) in [6.45, 7) is 0. The average Bonchev–Trinajstić information content (AvgIpc) is 1.83. The Kier molecular flexibility index (Phi) is 2.27. The zero-order valence-corrected chi connectivity index (χ0v) is 7.28. The van der Waals surface area contributed by atoms with Gasteiger partial charge in [-0.2, -0.15) is 13.2 Å². The number of halogens is 4. The van der Waals surface area contributed by atoms with Gasteiger partial charge in [0.1, 0.15) is 10.4 Å². The van der Waals surface area contributed by atoms with E-state index in [-0.39, 0.29) is 4.60 Å². The molecule has 0 aromatic carbocycles. The number of aromatic nitrogens is 1. The molecule has 0 aliphatic carbocycles. The van der Waals surface area contributed by atoms with E-state index in [2.05, 4.69) is 20.9 Å². The number of hydrogen-bond acceptors (Lipinski definition) is 2. The summed E-state index contributed by atoms with van der Waals surface area (Å²) < 4.78 is 36.4. The Balaban J connectivity index is 3.19. The molecule has 1 heterocycles. The summed E-state index contributed by atoms with van der Waals surface area (Å²) in [5.74, 6) is -0.517. The van der Waals surface area contributed by atoms with Crippen molar-refractivity contribution in [3.8, 4) is 0 Å². The molecular weight excluding hydrogens is 237 g/mol. The molecule has 6 heteroatoms. The zero-order chi connectivity index (χ0) is 9.35. The maximum atomic E-state index is 12.0. The summed E-state index contributed by atoms with van der Waals surface area (Å²) in [6, 6.07) is 2.08. The molecule has 0 radical (unpaired) electrons. The van der Waals surface area contributed by atoms with E-state index >= 15 is 0 Å². The van der Waals surface area contributed by atoms with Gasteiger partial charge < -0.3 is 5.73 Å². The second kappa shape index (κ2) is 2.93. The molecule has 2 nitrogen and oxygen atoms in total. The highest BCUT2D eigenvalue weighted by Gasteiger charge is 2.33. The first-order chi connectivity index (χ1) is 5.41. The molecule has 0 spiro atoms. The number of anilines is 1. The van der Waals surface area contributed by atoms with Crippen LogP contribution >= 0.6 is 15.9 Å². The van der Waals surface area contributed by atoms with Crippen LogP contribution in [0.1, 0.15) is 5.56 Å². The maximum Gasteiger partial charge on any atom is 0.419 e. The van der Waals surface area contributed by atoms with Crippen LogP contribution < -0.4 is 5.73 Å². The fourth-order valence-electron chi connectivity index (χ4n) is 0.690. The van der Waals surface area contributed by atoms with Crippen molar-refractivity contribution in [2.75, 3.05) is 5.73 Å². The van der Waals surface area contributed by atoms with Crippen LogP contribution in [0.25, 0.3) is 0 Å². The topological polar surface area (TPSA) is 38.9 Å². The fraction of sp³-hybridized carbons (Fsp3) is 0.167. The highest BCUT2D eigenvalue weighted by atomic mass is 79.9. The highest BCUT2D eigenvalue weighted by Crippen LogP contribution is 2.32. The summed E-state index contributed by atoms with van der Waals surface area (Å²) >= 11 is 2.90. The van der Waals surface area contributed by atoms with E-state index in [0.717, 1.165) is 6.07 Å². The lowest BCUT2D eigenvalue weighted by Crippen LogP contribution is -2.10. The van der Waals surface area contributed by atoms with Gasteiger partial charge in [-0.1, -0.05) is 0 Å². The lowest BCUT2D eigenvalue weighted by Gasteiger charge is -2.08. The Morgan fingerprint density at radius 2 is 1.92 bits per heavy atom. The van der Waals surface area contributed by atoms with Crippen molar-refractivity contribution in [3.63, 3.8) is 0 Å². The number of nitrogens with zero attached hydrogens (tertiary/aromatic N) is 1. The standard InChI is InChI=1S/C6H4BrF3N2/c7-4-2-1-3(5(11)12-4)6(8,9)10/h1-2H,(H2,11,12). The summed E-state index contributed by atoms with van der Waals surface area (Å²) in [5, 5.41) is 0. The minimum absolute atomic E-state index is 0.285. The van der Waals surface area contributed by atoms with Gasteiger partial charge in [0.2, 0.25) is 0 Å². The van der Waals surface area contributed by atoms with Crippen LogP contribution in [-0.2, 0) is 6.18 Å². The molecule has 1 aromatic rings. The molecule has 12 heavy (non-hydrogen) atoms. The van der Waals surface area contributed by atoms with E-state index in [1.807, 2.05) is 0 Å². The van der Waals surface area contributed by atoms with E-state index in [1.54, 1.807) is 0 Å². The minimum Gasteiger partial charge on any atom is -0.383 e. The number of pyridine rings is 1. The molecule has 0 aliphatic heterocycles. The first kappa shape index (κ1) is 9.31.